The summed E-state index contributed by atoms with van der Waals surface area (Å²) in [5.41, 5.74) is 1.40. The number of nitro benzene ring substituents is 1. The van der Waals surface area contributed by atoms with Gasteiger partial charge >= 0.3 is 0 Å². The molecule has 0 aliphatic carbocycles. The third kappa shape index (κ3) is 2.23. The van der Waals surface area contributed by atoms with Crippen LogP contribution >= 0.6 is 0 Å². The van der Waals surface area contributed by atoms with Crippen LogP contribution in [0.5, 0.6) is 0 Å². The van der Waals surface area contributed by atoms with E-state index in [-0.39, 0.29) is 5.69 Å². The fraction of sp³-hybridized carbons (Fsp3) is 0.154. The number of rotatable bonds is 3. The zero-order chi connectivity index (χ0) is 13.0. The summed E-state index contributed by atoms with van der Waals surface area (Å²) in [5.74, 6) is 5.65. The van der Waals surface area contributed by atoms with Crippen molar-refractivity contribution in [2.75, 3.05) is 11.9 Å². The van der Waals surface area contributed by atoms with Crippen LogP contribution in [0, 0.1) is 22.0 Å². The molecule has 1 aromatic carbocycles. The van der Waals surface area contributed by atoms with Gasteiger partial charge in [0, 0.05) is 12.3 Å². The van der Waals surface area contributed by atoms with E-state index in [2.05, 4.69) is 22.1 Å². The number of benzene rings is 1. The van der Waals surface area contributed by atoms with Crippen LogP contribution in [0.2, 0.25) is 0 Å². The Hall–Kier alpha value is -2.61. The Morgan fingerprint density at radius 3 is 3.00 bits per heavy atom. The molecule has 18 heavy (non-hydrogen) atoms. The minimum absolute atomic E-state index is 0.0604. The third-order valence-electron chi connectivity index (χ3n) is 2.49. The van der Waals surface area contributed by atoms with Crippen molar-refractivity contribution < 1.29 is 4.92 Å². The maximum Gasteiger partial charge on any atom is 0.278 e. The summed E-state index contributed by atoms with van der Waals surface area (Å²) in [6.45, 7) is 2.24. The lowest BCUT2D eigenvalue weighted by molar-refractivity contribution is -0.383. The molecule has 1 heterocycles. The lowest BCUT2D eigenvalue weighted by Gasteiger charge is -2.06. The van der Waals surface area contributed by atoms with Crippen molar-refractivity contribution in [2.45, 2.75) is 6.92 Å². The Morgan fingerprint density at radius 1 is 1.44 bits per heavy atom. The van der Waals surface area contributed by atoms with Crippen molar-refractivity contribution in [2.24, 2.45) is 0 Å². The van der Waals surface area contributed by atoms with E-state index in [0.29, 0.717) is 17.4 Å². The molecule has 5 nitrogen and oxygen atoms in total. The van der Waals surface area contributed by atoms with Crippen molar-refractivity contribution >= 4 is 22.3 Å². The summed E-state index contributed by atoms with van der Waals surface area (Å²) >= 11 is 0. The topological polar surface area (TPSA) is 68.1 Å². The number of nitrogens with one attached hydrogen (secondary N) is 1. The molecule has 0 fully saturated rings. The maximum absolute atomic E-state index is 10.9. The monoisotopic (exact) mass is 241 g/mol. The molecule has 0 unspecified atom stereocenters. The standard InChI is InChI=1S/C13H11N3O2/c1-2-3-8-14-11-6-7-12(16(17)18)10-5-4-9-15-13(10)11/h4-7,9,14H,8H2,1H3. The second kappa shape index (κ2) is 5.15. The van der Waals surface area contributed by atoms with E-state index in [0.717, 1.165) is 5.69 Å². The summed E-state index contributed by atoms with van der Waals surface area (Å²) < 4.78 is 0. The SMILES string of the molecule is CC#CCNc1ccc([N+](=O)[O-])c2cccnc12. The first-order chi connectivity index (χ1) is 8.74. The van der Waals surface area contributed by atoms with Gasteiger partial charge in [0.2, 0.25) is 0 Å². The Bertz CT molecular complexity index is 656. The van der Waals surface area contributed by atoms with Crippen LogP contribution in [-0.4, -0.2) is 16.5 Å². The van der Waals surface area contributed by atoms with Gasteiger partial charge in [-0.1, -0.05) is 5.92 Å². The molecule has 0 radical (unpaired) electrons. The molecule has 0 amide bonds. The van der Waals surface area contributed by atoms with Gasteiger partial charge in [-0.2, -0.15) is 0 Å². The average molecular weight is 241 g/mol. The van der Waals surface area contributed by atoms with Gasteiger partial charge in [-0.3, -0.25) is 15.1 Å². The predicted molar refractivity (Wildman–Crippen MR) is 70.3 cm³/mol. The Morgan fingerprint density at radius 2 is 2.28 bits per heavy atom. The molecule has 0 saturated heterocycles. The first kappa shape index (κ1) is 11.9. The molecule has 0 spiro atoms. The van der Waals surface area contributed by atoms with Crippen molar-refractivity contribution in [1.82, 2.24) is 4.98 Å². The molecule has 2 rings (SSSR count). The molecule has 2 aromatic rings. The lowest BCUT2D eigenvalue weighted by Crippen LogP contribution is -2.01. The van der Waals surface area contributed by atoms with Gasteiger partial charge in [0.15, 0.2) is 0 Å². The van der Waals surface area contributed by atoms with Gasteiger partial charge in [0.05, 0.1) is 22.5 Å². The highest BCUT2D eigenvalue weighted by Crippen LogP contribution is 2.29. The van der Waals surface area contributed by atoms with E-state index in [4.69, 9.17) is 0 Å². The quantitative estimate of drug-likeness (QED) is 0.509. The molecule has 0 atom stereocenters. The Balaban J connectivity index is 2.52. The molecule has 5 heteroatoms. The summed E-state index contributed by atoms with van der Waals surface area (Å²) in [4.78, 5) is 14.7. The van der Waals surface area contributed by atoms with Crippen molar-refractivity contribution in [3.63, 3.8) is 0 Å². The van der Waals surface area contributed by atoms with E-state index in [1.807, 2.05) is 0 Å². The summed E-state index contributed by atoms with van der Waals surface area (Å²) in [5, 5.41) is 14.5. The van der Waals surface area contributed by atoms with Gasteiger partial charge in [0.1, 0.15) is 5.52 Å². The minimum atomic E-state index is -0.403. The number of nitro groups is 1. The highest BCUT2D eigenvalue weighted by Gasteiger charge is 2.14. The smallest absolute Gasteiger partial charge is 0.278 e. The number of hydrogen-bond donors (Lipinski definition) is 1. The fourth-order valence-electron chi connectivity index (χ4n) is 1.69. The van der Waals surface area contributed by atoms with E-state index >= 15 is 0 Å². The van der Waals surface area contributed by atoms with Crippen LogP contribution in [0.1, 0.15) is 6.92 Å². The van der Waals surface area contributed by atoms with Gasteiger partial charge in [-0.15, -0.1) is 5.92 Å². The lowest BCUT2D eigenvalue weighted by atomic mass is 10.1. The largest absolute Gasteiger partial charge is 0.372 e. The number of aromatic nitrogens is 1. The first-order valence-corrected chi connectivity index (χ1v) is 5.39. The van der Waals surface area contributed by atoms with E-state index < -0.39 is 4.92 Å². The van der Waals surface area contributed by atoms with Gasteiger partial charge in [-0.05, 0) is 25.1 Å². The van der Waals surface area contributed by atoms with Crippen molar-refractivity contribution in [3.8, 4) is 11.8 Å². The molecule has 1 aromatic heterocycles. The summed E-state index contributed by atoms with van der Waals surface area (Å²) in [6, 6.07) is 6.51. The Kier molecular flexibility index (Phi) is 3.39. The number of nitrogens with zero attached hydrogens (tertiary/aromatic N) is 2. The van der Waals surface area contributed by atoms with Crippen LogP contribution in [0.3, 0.4) is 0 Å². The second-order valence-corrected chi connectivity index (χ2v) is 3.57. The van der Waals surface area contributed by atoms with Crippen LogP contribution in [0.4, 0.5) is 11.4 Å². The molecular formula is C13H11N3O2. The third-order valence-corrected chi connectivity index (χ3v) is 2.49. The van der Waals surface area contributed by atoms with Gasteiger partial charge < -0.3 is 5.32 Å². The van der Waals surface area contributed by atoms with Crippen LogP contribution in [0.15, 0.2) is 30.5 Å². The summed E-state index contributed by atoms with van der Waals surface area (Å²) in [6.07, 6.45) is 1.61. The molecular weight excluding hydrogens is 230 g/mol. The number of pyridine rings is 1. The molecule has 1 N–H and O–H groups in total. The summed E-state index contributed by atoms with van der Waals surface area (Å²) in [7, 11) is 0. The van der Waals surface area contributed by atoms with Crippen molar-refractivity contribution in [3.05, 3.63) is 40.6 Å². The number of non-ortho nitro benzene ring substituents is 1. The molecule has 0 aliphatic rings. The van der Waals surface area contributed by atoms with Crippen molar-refractivity contribution in [1.29, 1.82) is 0 Å². The molecule has 0 saturated carbocycles. The second-order valence-electron chi connectivity index (χ2n) is 3.57. The van der Waals surface area contributed by atoms with Crippen LogP contribution < -0.4 is 5.32 Å². The van der Waals surface area contributed by atoms with E-state index in [1.165, 1.54) is 6.07 Å². The molecule has 90 valence electrons. The zero-order valence-electron chi connectivity index (χ0n) is 9.80. The maximum atomic E-state index is 10.9. The normalized spacial score (nSPS) is 9.61. The van der Waals surface area contributed by atoms with Crippen LogP contribution in [0.25, 0.3) is 10.9 Å². The zero-order valence-corrected chi connectivity index (χ0v) is 9.80. The number of hydrogen-bond acceptors (Lipinski definition) is 4. The molecule has 0 bridgehead atoms. The minimum Gasteiger partial charge on any atom is -0.372 e. The van der Waals surface area contributed by atoms with E-state index in [9.17, 15) is 10.1 Å². The molecule has 0 aliphatic heterocycles. The van der Waals surface area contributed by atoms with Crippen LogP contribution in [-0.2, 0) is 0 Å². The first-order valence-electron chi connectivity index (χ1n) is 5.39. The van der Waals surface area contributed by atoms with Gasteiger partial charge in [0.25, 0.3) is 5.69 Å². The average Bonchev–Trinajstić information content (AvgIpc) is 2.38. The number of fused-ring (bicyclic) bond motifs is 1. The van der Waals surface area contributed by atoms with Gasteiger partial charge in [-0.25, -0.2) is 0 Å². The number of anilines is 1. The fourth-order valence-corrected chi connectivity index (χ4v) is 1.69. The Labute approximate surface area is 104 Å². The predicted octanol–water partition coefficient (Wildman–Crippen LogP) is 2.58. The van der Waals surface area contributed by atoms with E-state index in [1.54, 1.807) is 31.3 Å². The highest BCUT2D eigenvalue weighted by molar-refractivity contribution is 5.96. The highest BCUT2D eigenvalue weighted by atomic mass is 16.6.